The highest BCUT2D eigenvalue weighted by Gasteiger charge is 2.12. The van der Waals surface area contributed by atoms with Crippen molar-refractivity contribution in [2.45, 2.75) is 13.5 Å². The molecule has 4 heteroatoms. The smallest absolute Gasteiger partial charge is 0.110 e. The third-order valence-corrected chi connectivity index (χ3v) is 3.79. The molecule has 70 valence electrons. The highest BCUT2D eigenvalue weighted by molar-refractivity contribution is 9.11. The monoisotopic (exact) mass is 258 g/mol. The number of rotatable bonds is 2. The van der Waals surface area contributed by atoms with Crippen molar-refractivity contribution in [1.82, 2.24) is 4.90 Å². The molecule has 1 aromatic rings. The van der Waals surface area contributed by atoms with Crippen LogP contribution in [-0.4, -0.2) is 19.0 Å². The summed E-state index contributed by atoms with van der Waals surface area (Å²) in [5.74, 6) is 0. The third-order valence-electron chi connectivity index (χ3n) is 1.80. The predicted octanol–water partition coefficient (Wildman–Crippen LogP) is 2.75. The van der Waals surface area contributed by atoms with Crippen molar-refractivity contribution in [1.29, 1.82) is 5.26 Å². The number of halogens is 1. The summed E-state index contributed by atoms with van der Waals surface area (Å²) in [6.45, 7) is 2.88. The van der Waals surface area contributed by atoms with Gasteiger partial charge in [0.15, 0.2) is 0 Å². The van der Waals surface area contributed by atoms with E-state index in [2.05, 4.69) is 26.9 Å². The topological polar surface area (TPSA) is 27.0 Å². The van der Waals surface area contributed by atoms with E-state index in [0.717, 1.165) is 20.8 Å². The molecule has 0 bridgehead atoms. The molecule has 0 aromatic carbocycles. The number of nitrogens with zero attached hydrogens (tertiary/aromatic N) is 2. The Hall–Kier alpha value is -0.370. The second-order valence-corrected chi connectivity index (χ2v) is 5.50. The lowest BCUT2D eigenvalue weighted by atomic mass is 10.2. The van der Waals surface area contributed by atoms with E-state index in [0.29, 0.717) is 0 Å². The number of thiophene rings is 1. The van der Waals surface area contributed by atoms with Crippen LogP contribution in [0.15, 0.2) is 3.79 Å². The lowest BCUT2D eigenvalue weighted by Gasteiger charge is -2.09. The molecule has 0 unspecified atom stereocenters. The van der Waals surface area contributed by atoms with E-state index in [-0.39, 0.29) is 0 Å². The zero-order valence-corrected chi connectivity index (χ0v) is 10.3. The fraction of sp³-hybridized carbons (Fsp3) is 0.444. The maximum atomic E-state index is 8.82. The van der Waals surface area contributed by atoms with Crippen LogP contribution in [0, 0.1) is 18.3 Å². The van der Waals surface area contributed by atoms with Crippen LogP contribution in [0.4, 0.5) is 0 Å². The first-order valence-electron chi connectivity index (χ1n) is 3.89. The van der Waals surface area contributed by atoms with Crippen molar-refractivity contribution in [2.24, 2.45) is 0 Å². The van der Waals surface area contributed by atoms with Gasteiger partial charge in [-0.3, -0.25) is 0 Å². The largest absolute Gasteiger partial charge is 0.305 e. The minimum atomic E-state index is 0.809. The number of nitriles is 1. The summed E-state index contributed by atoms with van der Waals surface area (Å²) in [5, 5.41) is 8.82. The van der Waals surface area contributed by atoms with Gasteiger partial charge >= 0.3 is 0 Å². The molecule has 0 aliphatic heterocycles. The summed E-state index contributed by atoms with van der Waals surface area (Å²) < 4.78 is 1.08. The van der Waals surface area contributed by atoms with E-state index in [4.69, 9.17) is 5.26 Å². The quantitative estimate of drug-likeness (QED) is 0.816. The van der Waals surface area contributed by atoms with Crippen molar-refractivity contribution in [2.75, 3.05) is 14.1 Å². The van der Waals surface area contributed by atoms with Crippen LogP contribution < -0.4 is 0 Å². The molecule has 1 aromatic heterocycles. The maximum absolute atomic E-state index is 8.82. The zero-order valence-electron chi connectivity index (χ0n) is 7.89. The fourth-order valence-electron chi connectivity index (χ4n) is 1.12. The molecular weight excluding hydrogens is 248 g/mol. The molecule has 1 heterocycles. The van der Waals surface area contributed by atoms with Crippen molar-refractivity contribution in [3.63, 3.8) is 0 Å². The molecule has 0 aliphatic rings. The molecule has 0 saturated heterocycles. The minimum Gasteiger partial charge on any atom is -0.305 e. The lowest BCUT2D eigenvalue weighted by Crippen LogP contribution is -2.11. The molecule has 0 N–H and O–H groups in total. The number of hydrogen-bond donors (Lipinski definition) is 0. The van der Waals surface area contributed by atoms with Gasteiger partial charge in [0.1, 0.15) is 10.9 Å². The summed E-state index contributed by atoms with van der Waals surface area (Å²) in [6, 6.07) is 2.20. The maximum Gasteiger partial charge on any atom is 0.110 e. The Morgan fingerprint density at radius 1 is 1.54 bits per heavy atom. The van der Waals surface area contributed by atoms with Gasteiger partial charge in [-0.15, -0.1) is 11.3 Å². The molecule has 1 rings (SSSR count). The van der Waals surface area contributed by atoms with Gasteiger partial charge in [-0.2, -0.15) is 5.26 Å². The Kier molecular flexibility index (Phi) is 3.48. The van der Waals surface area contributed by atoms with Gasteiger partial charge < -0.3 is 4.90 Å². The zero-order chi connectivity index (χ0) is 10.0. The highest BCUT2D eigenvalue weighted by Crippen LogP contribution is 2.32. The fourth-order valence-corrected chi connectivity index (χ4v) is 2.87. The molecule has 0 amide bonds. The first kappa shape index (κ1) is 10.7. The second kappa shape index (κ2) is 4.23. The highest BCUT2D eigenvalue weighted by atomic mass is 79.9. The number of hydrogen-bond acceptors (Lipinski definition) is 3. The molecule has 0 atom stereocenters. The molecule has 13 heavy (non-hydrogen) atoms. The molecule has 0 saturated carbocycles. The summed E-state index contributed by atoms with van der Waals surface area (Å²) in [7, 11) is 4.05. The normalized spacial score (nSPS) is 10.5. The van der Waals surface area contributed by atoms with Crippen molar-refractivity contribution < 1.29 is 0 Å². The molecule has 0 spiro atoms. The van der Waals surface area contributed by atoms with E-state index in [9.17, 15) is 0 Å². The van der Waals surface area contributed by atoms with Gasteiger partial charge in [0.25, 0.3) is 0 Å². The Balaban J connectivity index is 3.07. The third kappa shape index (κ3) is 2.31. The van der Waals surface area contributed by atoms with Crippen LogP contribution in [0.25, 0.3) is 0 Å². The van der Waals surface area contributed by atoms with Crippen LogP contribution in [0.5, 0.6) is 0 Å². The van der Waals surface area contributed by atoms with Gasteiger partial charge in [0.2, 0.25) is 0 Å². The van der Waals surface area contributed by atoms with Crippen molar-refractivity contribution >= 4 is 27.3 Å². The SMILES string of the molecule is Cc1c(C#N)sc(Br)c1CN(C)C. The van der Waals surface area contributed by atoms with E-state index >= 15 is 0 Å². The molecule has 0 aliphatic carbocycles. The predicted molar refractivity (Wildman–Crippen MR) is 58.9 cm³/mol. The van der Waals surface area contributed by atoms with Crippen LogP contribution in [0.3, 0.4) is 0 Å². The first-order valence-corrected chi connectivity index (χ1v) is 5.49. The second-order valence-electron chi connectivity index (χ2n) is 3.16. The average Bonchev–Trinajstić information content (AvgIpc) is 2.31. The average molecular weight is 259 g/mol. The van der Waals surface area contributed by atoms with E-state index in [1.54, 1.807) is 0 Å². The molecule has 2 nitrogen and oxygen atoms in total. The van der Waals surface area contributed by atoms with Crippen molar-refractivity contribution in [3.05, 3.63) is 19.8 Å². The Bertz CT molecular complexity index is 349. The van der Waals surface area contributed by atoms with Crippen LogP contribution in [-0.2, 0) is 6.54 Å². The van der Waals surface area contributed by atoms with Gasteiger partial charge in [-0.25, -0.2) is 0 Å². The summed E-state index contributed by atoms with van der Waals surface area (Å²) >= 11 is 4.99. The van der Waals surface area contributed by atoms with Crippen LogP contribution in [0.2, 0.25) is 0 Å². The Morgan fingerprint density at radius 2 is 2.15 bits per heavy atom. The summed E-state index contributed by atoms with van der Waals surface area (Å²) in [4.78, 5) is 2.91. The molecule has 0 radical (unpaired) electrons. The lowest BCUT2D eigenvalue weighted by molar-refractivity contribution is 0.401. The van der Waals surface area contributed by atoms with Gasteiger partial charge in [0, 0.05) is 6.54 Å². The van der Waals surface area contributed by atoms with Crippen LogP contribution >= 0.6 is 27.3 Å². The first-order chi connectivity index (χ1) is 6.06. The van der Waals surface area contributed by atoms with E-state index < -0.39 is 0 Å². The van der Waals surface area contributed by atoms with Crippen molar-refractivity contribution in [3.8, 4) is 6.07 Å². The van der Waals surface area contributed by atoms with Gasteiger partial charge in [-0.1, -0.05) is 0 Å². The molecule has 0 fully saturated rings. The molecular formula is C9H11BrN2S. The van der Waals surface area contributed by atoms with E-state index in [1.165, 1.54) is 16.9 Å². The van der Waals surface area contributed by atoms with E-state index in [1.807, 2.05) is 21.0 Å². The summed E-state index contributed by atoms with van der Waals surface area (Å²) in [5.41, 5.74) is 2.33. The van der Waals surface area contributed by atoms with Gasteiger partial charge in [0.05, 0.1) is 3.79 Å². The van der Waals surface area contributed by atoms with Crippen LogP contribution in [0.1, 0.15) is 16.0 Å². The standard InChI is InChI=1S/C9H11BrN2S/c1-6-7(5-12(2)3)9(10)13-8(6)4-11/h5H2,1-3H3. The van der Waals surface area contributed by atoms with Gasteiger partial charge in [-0.05, 0) is 48.1 Å². The minimum absolute atomic E-state index is 0.809. The Labute approximate surface area is 90.9 Å². The summed E-state index contributed by atoms with van der Waals surface area (Å²) in [6.07, 6.45) is 0. The Morgan fingerprint density at radius 3 is 2.54 bits per heavy atom.